The minimum absolute atomic E-state index is 0.0593. The molecule has 4 atom stereocenters. The van der Waals surface area contributed by atoms with E-state index in [0.717, 1.165) is 19.2 Å². The van der Waals surface area contributed by atoms with E-state index in [4.69, 9.17) is 14.2 Å². The van der Waals surface area contributed by atoms with Crippen molar-refractivity contribution in [3.8, 4) is 0 Å². The van der Waals surface area contributed by atoms with Gasteiger partial charge in [0.05, 0.1) is 25.9 Å². The van der Waals surface area contributed by atoms with E-state index >= 15 is 4.39 Å². The van der Waals surface area contributed by atoms with Gasteiger partial charge in [0.25, 0.3) is 0 Å². The minimum atomic E-state index is -4.57. The third-order valence-corrected chi connectivity index (χ3v) is 7.65. The number of morpholine rings is 1. The van der Waals surface area contributed by atoms with Gasteiger partial charge in [0.1, 0.15) is 25.0 Å². The molecule has 1 aliphatic rings. The average molecular weight is 697 g/mol. The largest absolute Gasteiger partial charge is 0.453 e. The number of hydrogen-bond donors (Lipinski definition) is 4. The Hall–Kier alpha value is -4.83. The fourth-order valence-corrected chi connectivity index (χ4v) is 5.24. The number of alkyl carbamates (subject to hydrolysis) is 2. The standard InChI is InChI=1S/C33H34F6N4O6/c1-47-32(46)43-29(28(19-6-3-2-4-7-19)20-10-13-25(35)26(36)14-20)30(44)42-27-9-5-8-24(34)23(27)12-11-22-15-40-21(16-48-22)17-49-31(45)41-18-33(37,38)39/h2-10,13-14,21-22,28-29,40H,11-12,15-18H2,1H3,(H,41,45)(H,42,44)(H,43,46)/t21-,22+,28+,29-/m0/s1. The van der Waals surface area contributed by atoms with E-state index in [0.29, 0.717) is 5.56 Å². The van der Waals surface area contributed by atoms with E-state index in [-0.39, 0.29) is 49.4 Å². The van der Waals surface area contributed by atoms with Gasteiger partial charge in [-0.25, -0.2) is 22.8 Å². The molecule has 3 aromatic carbocycles. The van der Waals surface area contributed by atoms with Crippen LogP contribution < -0.4 is 21.3 Å². The zero-order valence-corrected chi connectivity index (χ0v) is 26.1. The molecule has 0 spiro atoms. The van der Waals surface area contributed by atoms with Crippen LogP contribution in [0.1, 0.15) is 29.0 Å². The lowest BCUT2D eigenvalue weighted by Crippen LogP contribution is -2.49. The molecule has 3 aromatic rings. The van der Waals surface area contributed by atoms with Gasteiger partial charge in [-0.3, -0.25) is 4.79 Å². The fraction of sp³-hybridized carbons (Fsp3) is 0.364. The Bertz CT molecular complexity index is 1590. The van der Waals surface area contributed by atoms with Crippen LogP contribution in [-0.4, -0.2) is 75.9 Å². The van der Waals surface area contributed by atoms with Gasteiger partial charge < -0.3 is 35.5 Å². The van der Waals surface area contributed by atoms with Crippen LogP contribution in [0.15, 0.2) is 66.7 Å². The van der Waals surface area contributed by atoms with Crippen molar-refractivity contribution in [1.29, 1.82) is 0 Å². The van der Waals surface area contributed by atoms with E-state index in [9.17, 15) is 36.3 Å². The molecule has 4 rings (SSSR count). The number of methoxy groups -OCH3 is 1. The lowest BCUT2D eigenvalue weighted by atomic mass is 9.84. The van der Waals surface area contributed by atoms with Crippen molar-refractivity contribution in [1.82, 2.24) is 16.0 Å². The third kappa shape index (κ3) is 10.8. The van der Waals surface area contributed by atoms with Crippen LogP contribution in [0.25, 0.3) is 0 Å². The molecule has 1 saturated heterocycles. The topological polar surface area (TPSA) is 127 Å². The fourth-order valence-electron chi connectivity index (χ4n) is 5.24. The number of amides is 3. The zero-order chi connectivity index (χ0) is 35.6. The first kappa shape index (κ1) is 37.0. The number of halogens is 6. The summed E-state index contributed by atoms with van der Waals surface area (Å²) in [4.78, 5) is 37.8. The van der Waals surface area contributed by atoms with E-state index in [2.05, 4.69) is 16.0 Å². The van der Waals surface area contributed by atoms with Crippen LogP contribution in [-0.2, 0) is 25.4 Å². The maximum atomic E-state index is 15.2. The van der Waals surface area contributed by atoms with Gasteiger partial charge in [-0.05, 0) is 48.2 Å². The first-order valence-electron chi connectivity index (χ1n) is 15.1. The monoisotopic (exact) mass is 696 g/mol. The molecule has 0 bridgehead atoms. The number of alkyl halides is 3. The third-order valence-electron chi connectivity index (χ3n) is 7.65. The number of carbonyl (C=O) groups is 3. The molecule has 0 unspecified atom stereocenters. The van der Waals surface area contributed by atoms with E-state index < -0.39 is 72.4 Å². The number of nitrogens with one attached hydrogen (secondary N) is 4. The smallest absolute Gasteiger partial charge is 0.407 e. The highest BCUT2D eigenvalue weighted by atomic mass is 19.4. The Kier molecular flexibility index (Phi) is 12.8. The van der Waals surface area contributed by atoms with Crippen molar-refractivity contribution < 1.29 is 54.9 Å². The number of ether oxygens (including phenoxy) is 3. The second kappa shape index (κ2) is 17.0. The molecule has 49 heavy (non-hydrogen) atoms. The van der Waals surface area contributed by atoms with Crippen molar-refractivity contribution in [3.63, 3.8) is 0 Å². The van der Waals surface area contributed by atoms with Crippen LogP contribution >= 0.6 is 0 Å². The van der Waals surface area contributed by atoms with Crippen LogP contribution in [0.3, 0.4) is 0 Å². The second-order valence-electron chi connectivity index (χ2n) is 11.1. The Morgan fingerprint density at radius 2 is 1.69 bits per heavy atom. The summed E-state index contributed by atoms with van der Waals surface area (Å²) in [5.41, 5.74) is 0.886. The molecule has 0 saturated carbocycles. The predicted molar refractivity (Wildman–Crippen MR) is 164 cm³/mol. The first-order valence-corrected chi connectivity index (χ1v) is 15.1. The average Bonchev–Trinajstić information content (AvgIpc) is 3.08. The maximum Gasteiger partial charge on any atom is 0.407 e. The van der Waals surface area contributed by atoms with Crippen LogP contribution in [0, 0.1) is 17.5 Å². The SMILES string of the molecule is COC(=O)N[C@H](C(=O)Nc1cccc(F)c1CC[C@@H]1CN[C@H](COC(=O)NCC(F)(F)F)CO1)[C@H](c1ccccc1)c1ccc(F)c(F)c1. The van der Waals surface area contributed by atoms with Gasteiger partial charge >= 0.3 is 18.4 Å². The van der Waals surface area contributed by atoms with Crippen LogP contribution in [0.5, 0.6) is 0 Å². The minimum Gasteiger partial charge on any atom is -0.453 e. The summed E-state index contributed by atoms with van der Waals surface area (Å²) in [5, 5.41) is 9.81. The molecule has 1 aliphatic heterocycles. The van der Waals surface area contributed by atoms with Crippen molar-refractivity contribution in [2.45, 2.75) is 43.1 Å². The van der Waals surface area contributed by atoms with Gasteiger partial charge in [-0.15, -0.1) is 0 Å². The molecular formula is C33H34F6N4O6. The molecule has 264 valence electrons. The summed E-state index contributed by atoms with van der Waals surface area (Å²) in [7, 11) is 1.09. The number of rotatable bonds is 12. The quantitative estimate of drug-likeness (QED) is 0.193. The Labute approximate surface area is 277 Å². The summed E-state index contributed by atoms with van der Waals surface area (Å²) in [6, 6.07) is 13.6. The lowest BCUT2D eigenvalue weighted by molar-refractivity contribution is -0.124. The molecule has 0 radical (unpaired) electrons. The number of anilines is 1. The first-order chi connectivity index (χ1) is 23.3. The van der Waals surface area contributed by atoms with Crippen molar-refractivity contribution in [2.75, 3.05) is 38.7 Å². The molecule has 1 fully saturated rings. The molecule has 0 aliphatic carbocycles. The Morgan fingerprint density at radius 1 is 0.939 bits per heavy atom. The van der Waals surface area contributed by atoms with Gasteiger partial charge in [-0.1, -0.05) is 42.5 Å². The van der Waals surface area contributed by atoms with Crippen molar-refractivity contribution in [2.24, 2.45) is 0 Å². The maximum absolute atomic E-state index is 15.2. The van der Waals surface area contributed by atoms with Gasteiger partial charge in [0, 0.05) is 23.7 Å². The van der Waals surface area contributed by atoms with Gasteiger partial charge in [0.2, 0.25) is 5.91 Å². The van der Waals surface area contributed by atoms with Crippen LogP contribution in [0.4, 0.5) is 41.6 Å². The van der Waals surface area contributed by atoms with E-state index in [1.54, 1.807) is 35.6 Å². The highest BCUT2D eigenvalue weighted by Gasteiger charge is 2.34. The number of carbonyl (C=O) groups excluding carboxylic acids is 3. The predicted octanol–water partition coefficient (Wildman–Crippen LogP) is 5.18. The summed E-state index contributed by atoms with van der Waals surface area (Å²) in [6.07, 6.45) is -6.83. The second-order valence-corrected chi connectivity index (χ2v) is 11.1. The Morgan fingerprint density at radius 3 is 2.35 bits per heavy atom. The number of benzene rings is 3. The van der Waals surface area contributed by atoms with Crippen molar-refractivity contribution in [3.05, 3.63) is 101 Å². The molecule has 4 N–H and O–H groups in total. The summed E-state index contributed by atoms with van der Waals surface area (Å²) in [6.45, 7) is -1.45. The summed E-state index contributed by atoms with van der Waals surface area (Å²) < 4.78 is 95.5. The zero-order valence-electron chi connectivity index (χ0n) is 26.1. The van der Waals surface area contributed by atoms with Gasteiger partial charge in [-0.2, -0.15) is 13.2 Å². The highest BCUT2D eigenvalue weighted by Crippen LogP contribution is 2.31. The lowest BCUT2D eigenvalue weighted by Gasteiger charge is -2.30. The van der Waals surface area contributed by atoms with E-state index in [1.165, 1.54) is 24.3 Å². The van der Waals surface area contributed by atoms with E-state index in [1.807, 2.05) is 0 Å². The summed E-state index contributed by atoms with van der Waals surface area (Å²) in [5.74, 6) is -4.71. The molecule has 0 aromatic heterocycles. The molecule has 16 heteroatoms. The molecule has 10 nitrogen and oxygen atoms in total. The number of hydrogen-bond acceptors (Lipinski definition) is 7. The molecule has 1 heterocycles. The molecular weight excluding hydrogens is 662 g/mol. The summed E-state index contributed by atoms with van der Waals surface area (Å²) >= 11 is 0. The van der Waals surface area contributed by atoms with Crippen molar-refractivity contribution >= 4 is 23.8 Å². The van der Waals surface area contributed by atoms with Crippen LogP contribution in [0.2, 0.25) is 0 Å². The normalized spacial score (nSPS) is 17.4. The highest BCUT2D eigenvalue weighted by molar-refractivity contribution is 5.98. The Balaban J connectivity index is 1.45. The van der Waals surface area contributed by atoms with Gasteiger partial charge in [0.15, 0.2) is 11.6 Å². The molecule has 3 amide bonds.